The number of hydrogen-bond donors (Lipinski definition) is 1. The SMILES string of the molecule is CCC1CCCCN1c1ccc2cccc(OCC(=O)Nc3nccs3)c2n1. The van der Waals surface area contributed by atoms with Crippen LogP contribution < -0.4 is 15.0 Å². The summed E-state index contributed by atoms with van der Waals surface area (Å²) in [6.07, 6.45) is 6.47. The number of benzene rings is 1. The van der Waals surface area contributed by atoms with E-state index in [2.05, 4.69) is 34.3 Å². The van der Waals surface area contributed by atoms with Crippen molar-refractivity contribution in [3.05, 3.63) is 41.9 Å². The van der Waals surface area contributed by atoms with E-state index < -0.39 is 0 Å². The fraction of sp³-hybridized carbons (Fsp3) is 0.381. The summed E-state index contributed by atoms with van der Waals surface area (Å²) in [5.41, 5.74) is 0.794. The number of hydrogen-bond acceptors (Lipinski definition) is 6. The highest BCUT2D eigenvalue weighted by Crippen LogP contribution is 2.30. The van der Waals surface area contributed by atoms with Gasteiger partial charge in [0, 0.05) is 29.5 Å². The molecule has 1 aliphatic heterocycles. The number of fused-ring (bicyclic) bond motifs is 1. The van der Waals surface area contributed by atoms with Crippen molar-refractivity contribution in [2.45, 2.75) is 38.6 Å². The lowest BCUT2D eigenvalue weighted by Gasteiger charge is -2.36. The van der Waals surface area contributed by atoms with Crippen molar-refractivity contribution in [3.63, 3.8) is 0 Å². The van der Waals surface area contributed by atoms with E-state index in [1.54, 1.807) is 6.20 Å². The summed E-state index contributed by atoms with van der Waals surface area (Å²) in [7, 11) is 0. The van der Waals surface area contributed by atoms with Crippen LogP contribution in [0.4, 0.5) is 10.9 Å². The number of amides is 1. The molecule has 1 saturated heterocycles. The van der Waals surface area contributed by atoms with Gasteiger partial charge < -0.3 is 9.64 Å². The van der Waals surface area contributed by atoms with E-state index in [1.807, 2.05) is 23.6 Å². The Morgan fingerprint density at radius 1 is 1.32 bits per heavy atom. The molecule has 1 aliphatic rings. The van der Waals surface area contributed by atoms with Crippen LogP contribution in [0.3, 0.4) is 0 Å². The Morgan fingerprint density at radius 3 is 3.07 bits per heavy atom. The van der Waals surface area contributed by atoms with Crippen molar-refractivity contribution in [1.29, 1.82) is 0 Å². The Morgan fingerprint density at radius 2 is 2.25 bits per heavy atom. The number of pyridine rings is 1. The van der Waals surface area contributed by atoms with E-state index in [0.29, 0.717) is 16.9 Å². The van der Waals surface area contributed by atoms with Crippen molar-refractivity contribution in [2.24, 2.45) is 0 Å². The molecule has 1 aromatic carbocycles. The maximum atomic E-state index is 12.1. The first-order valence-corrected chi connectivity index (χ1v) is 10.6. The minimum atomic E-state index is -0.231. The molecule has 1 fully saturated rings. The summed E-state index contributed by atoms with van der Waals surface area (Å²) >= 11 is 1.38. The zero-order chi connectivity index (χ0) is 19.3. The van der Waals surface area contributed by atoms with Crippen LogP contribution in [0.25, 0.3) is 10.9 Å². The zero-order valence-electron chi connectivity index (χ0n) is 15.9. The molecule has 28 heavy (non-hydrogen) atoms. The number of carbonyl (C=O) groups is 1. The van der Waals surface area contributed by atoms with E-state index in [-0.39, 0.29) is 12.5 Å². The highest BCUT2D eigenvalue weighted by Gasteiger charge is 2.22. The molecule has 0 aliphatic carbocycles. The number of ether oxygens (including phenoxy) is 1. The van der Waals surface area contributed by atoms with Crippen LogP contribution in [0, 0.1) is 0 Å². The number of nitrogens with one attached hydrogen (secondary N) is 1. The van der Waals surface area contributed by atoms with Crippen LogP contribution in [0.1, 0.15) is 32.6 Å². The molecule has 1 atom stereocenters. The van der Waals surface area contributed by atoms with Gasteiger partial charge >= 0.3 is 0 Å². The quantitative estimate of drug-likeness (QED) is 0.665. The number of thiazole rings is 1. The highest BCUT2D eigenvalue weighted by atomic mass is 32.1. The molecular weight excluding hydrogens is 372 g/mol. The van der Waals surface area contributed by atoms with Gasteiger partial charge in [0.1, 0.15) is 17.1 Å². The van der Waals surface area contributed by atoms with E-state index in [4.69, 9.17) is 9.72 Å². The number of piperidine rings is 1. The molecule has 3 heterocycles. The van der Waals surface area contributed by atoms with Crippen LogP contribution in [-0.4, -0.2) is 35.1 Å². The van der Waals surface area contributed by atoms with Crippen LogP contribution in [0.2, 0.25) is 0 Å². The average molecular weight is 397 g/mol. The van der Waals surface area contributed by atoms with Crippen LogP contribution in [-0.2, 0) is 4.79 Å². The molecule has 4 rings (SSSR count). The lowest BCUT2D eigenvalue weighted by molar-refractivity contribution is -0.118. The summed E-state index contributed by atoms with van der Waals surface area (Å²) < 4.78 is 5.81. The molecule has 0 radical (unpaired) electrons. The first kappa shape index (κ1) is 18.7. The Bertz CT molecular complexity index is 945. The molecule has 0 saturated carbocycles. The van der Waals surface area contributed by atoms with Crippen LogP contribution >= 0.6 is 11.3 Å². The van der Waals surface area contributed by atoms with E-state index >= 15 is 0 Å². The van der Waals surface area contributed by atoms with Gasteiger partial charge in [-0.3, -0.25) is 10.1 Å². The number of anilines is 2. The highest BCUT2D eigenvalue weighted by molar-refractivity contribution is 7.13. The Labute approximate surface area is 168 Å². The van der Waals surface area contributed by atoms with Gasteiger partial charge in [-0.05, 0) is 43.9 Å². The Hall–Kier alpha value is -2.67. The minimum absolute atomic E-state index is 0.0775. The van der Waals surface area contributed by atoms with Crippen molar-refractivity contribution < 1.29 is 9.53 Å². The van der Waals surface area contributed by atoms with Gasteiger partial charge in [0.15, 0.2) is 11.7 Å². The predicted octanol–water partition coefficient (Wildman–Crippen LogP) is 4.48. The van der Waals surface area contributed by atoms with Crippen molar-refractivity contribution in [3.8, 4) is 5.75 Å². The number of carbonyl (C=O) groups excluding carboxylic acids is 1. The normalized spacial score (nSPS) is 16.9. The van der Waals surface area contributed by atoms with Crippen molar-refractivity contribution >= 4 is 39.1 Å². The predicted molar refractivity (Wildman–Crippen MR) is 113 cm³/mol. The second-order valence-corrected chi connectivity index (χ2v) is 7.82. The molecule has 0 bridgehead atoms. The molecule has 1 amide bonds. The Kier molecular flexibility index (Phi) is 5.71. The molecular formula is C21H24N4O2S. The molecule has 7 heteroatoms. The summed E-state index contributed by atoms with van der Waals surface area (Å²) in [4.78, 5) is 23.5. The van der Waals surface area contributed by atoms with Crippen molar-refractivity contribution in [2.75, 3.05) is 23.4 Å². The third-order valence-electron chi connectivity index (χ3n) is 5.10. The summed E-state index contributed by atoms with van der Waals surface area (Å²) in [6, 6.07) is 10.5. The first-order chi connectivity index (χ1) is 13.7. The van der Waals surface area contributed by atoms with E-state index in [9.17, 15) is 4.79 Å². The van der Waals surface area contributed by atoms with Gasteiger partial charge in [0.25, 0.3) is 5.91 Å². The largest absolute Gasteiger partial charge is 0.481 e. The maximum absolute atomic E-state index is 12.1. The standard InChI is InChI=1S/C21H24N4O2S/c1-2-16-7-3-4-12-25(16)18-10-9-15-6-5-8-17(20(15)23-18)27-14-19(26)24-21-22-11-13-28-21/h5-6,8-11,13,16H,2-4,7,12,14H2,1H3,(H,22,24,26). The molecule has 6 nitrogen and oxygen atoms in total. The summed E-state index contributed by atoms with van der Waals surface area (Å²) in [5.74, 6) is 1.38. The second-order valence-electron chi connectivity index (χ2n) is 6.92. The monoisotopic (exact) mass is 396 g/mol. The lowest BCUT2D eigenvalue weighted by Crippen LogP contribution is -2.39. The van der Waals surface area contributed by atoms with Gasteiger partial charge in [-0.25, -0.2) is 9.97 Å². The fourth-order valence-electron chi connectivity index (χ4n) is 3.70. The van der Waals surface area contributed by atoms with Crippen LogP contribution in [0.15, 0.2) is 41.9 Å². The molecule has 3 aromatic rings. The van der Waals surface area contributed by atoms with Gasteiger partial charge in [0.2, 0.25) is 0 Å². The summed E-state index contributed by atoms with van der Waals surface area (Å²) in [6.45, 7) is 3.20. The average Bonchev–Trinajstić information content (AvgIpc) is 3.24. The molecule has 146 valence electrons. The van der Waals surface area contributed by atoms with Gasteiger partial charge in [0.05, 0.1) is 0 Å². The number of rotatable bonds is 6. The first-order valence-electron chi connectivity index (χ1n) is 9.73. The second kappa shape index (κ2) is 8.56. The van der Waals surface area contributed by atoms with E-state index in [1.165, 1.54) is 30.6 Å². The minimum Gasteiger partial charge on any atom is -0.481 e. The lowest BCUT2D eigenvalue weighted by atomic mass is 10.00. The fourth-order valence-corrected chi connectivity index (χ4v) is 4.24. The van der Waals surface area contributed by atoms with Gasteiger partial charge in [-0.1, -0.05) is 19.1 Å². The zero-order valence-corrected chi connectivity index (χ0v) is 16.7. The Balaban J connectivity index is 1.54. The third-order valence-corrected chi connectivity index (χ3v) is 5.79. The summed E-state index contributed by atoms with van der Waals surface area (Å²) in [5, 5.41) is 6.13. The molecule has 1 unspecified atom stereocenters. The molecule has 0 spiro atoms. The number of aromatic nitrogens is 2. The van der Waals surface area contributed by atoms with Crippen LogP contribution in [0.5, 0.6) is 5.75 Å². The van der Waals surface area contributed by atoms with Gasteiger partial charge in [-0.2, -0.15) is 0 Å². The number of nitrogens with zero attached hydrogens (tertiary/aromatic N) is 3. The smallest absolute Gasteiger partial charge is 0.264 e. The third kappa shape index (κ3) is 4.09. The molecule has 1 N–H and O–H groups in total. The topological polar surface area (TPSA) is 67.3 Å². The van der Waals surface area contributed by atoms with Gasteiger partial charge in [-0.15, -0.1) is 11.3 Å². The molecule has 2 aromatic heterocycles. The van der Waals surface area contributed by atoms with E-state index in [0.717, 1.165) is 29.7 Å². The number of para-hydroxylation sites is 1. The van der Waals surface area contributed by atoms with Crippen molar-refractivity contribution in [1.82, 2.24) is 9.97 Å². The maximum Gasteiger partial charge on any atom is 0.264 e.